The van der Waals surface area contributed by atoms with Gasteiger partial charge in [-0.25, -0.2) is 8.42 Å². The van der Waals surface area contributed by atoms with E-state index in [1.165, 1.54) is 19.1 Å². The highest BCUT2D eigenvalue weighted by molar-refractivity contribution is 9.12. The molecule has 0 aliphatic heterocycles. The van der Waals surface area contributed by atoms with Gasteiger partial charge in [-0.05, 0) is 19.1 Å². The van der Waals surface area contributed by atoms with E-state index >= 15 is 0 Å². The molecule has 0 radical (unpaired) electrons. The quantitative estimate of drug-likeness (QED) is 0.634. The molecule has 0 aromatic heterocycles. The Morgan fingerprint density at radius 2 is 2.00 bits per heavy atom. The average molecular weight is 326 g/mol. The molecule has 0 heterocycles. The number of alkyl halides is 1. The predicted octanol–water partition coefficient (Wildman–Crippen LogP) is 2.68. The molecule has 0 saturated carbocycles. The summed E-state index contributed by atoms with van der Waals surface area (Å²) in [5, 5.41) is 0.391. The van der Waals surface area contributed by atoms with Gasteiger partial charge >= 0.3 is 0 Å². The zero-order valence-electron chi connectivity index (χ0n) is 8.70. The Hall–Kier alpha value is -0.390. The van der Waals surface area contributed by atoms with Gasteiger partial charge in [0.15, 0.2) is 19.3 Å². The second-order valence-electron chi connectivity index (χ2n) is 3.53. The van der Waals surface area contributed by atoms with Crippen molar-refractivity contribution in [3.8, 4) is 0 Å². The summed E-state index contributed by atoms with van der Waals surface area (Å²) in [6.07, 6.45) is 1.00. The molecule has 0 unspecified atom stereocenters. The molecule has 0 aliphatic rings. The first-order chi connectivity index (χ1) is 7.16. The lowest BCUT2D eigenvalue weighted by atomic mass is 10.1. The van der Waals surface area contributed by atoms with Crippen molar-refractivity contribution in [2.75, 3.05) is 6.26 Å². The fourth-order valence-electron chi connectivity index (χ4n) is 1.06. The highest BCUT2D eigenvalue weighted by Crippen LogP contribution is 2.29. The normalized spacial score (nSPS) is 15.5. The van der Waals surface area contributed by atoms with Crippen LogP contribution in [0, 0.1) is 0 Å². The minimum Gasteiger partial charge on any atom is -0.291 e. The van der Waals surface area contributed by atoms with Crippen LogP contribution in [0.15, 0.2) is 24.3 Å². The Morgan fingerprint density at radius 1 is 1.44 bits per heavy atom. The fraction of sp³-hybridized carbons (Fsp3) is 0.300. The molecule has 1 atom stereocenters. The first-order valence-corrected chi connectivity index (χ1v) is 7.41. The first kappa shape index (κ1) is 13.7. The topological polar surface area (TPSA) is 51.2 Å². The molecule has 16 heavy (non-hydrogen) atoms. The third kappa shape index (κ3) is 2.64. The number of ketones is 1. The summed E-state index contributed by atoms with van der Waals surface area (Å²) in [5.41, 5.74) is 0.261. The van der Waals surface area contributed by atoms with Crippen LogP contribution in [0.25, 0.3) is 0 Å². The van der Waals surface area contributed by atoms with Crippen molar-refractivity contribution in [3.63, 3.8) is 0 Å². The van der Waals surface area contributed by atoms with Crippen LogP contribution in [0.1, 0.15) is 17.3 Å². The largest absolute Gasteiger partial charge is 0.291 e. The zero-order valence-corrected chi connectivity index (χ0v) is 11.9. The molecule has 1 aromatic carbocycles. The van der Waals surface area contributed by atoms with Gasteiger partial charge in [-0.1, -0.05) is 39.7 Å². The molecule has 0 spiro atoms. The maximum atomic E-state index is 12.0. The first-order valence-electron chi connectivity index (χ1n) is 4.35. The molecule has 0 amide bonds. The molecule has 0 N–H and O–H groups in total. The zero-order chi connectivity index (χ0) is 12.6. The van der Waals surface area contributed by atoms with Crippen LogP contribution in [-0.4, -0.2) is 24.1 Å². The number of carbonyl (C=O) groups is 1. The van der Waals surface area contributed by atoms with E-state index in [4.69, 9.17) is 11.6 Å². The Kier molecular flexibility index (Phi) is 3.82. The monoisotopic (exact) mass is 324 g/mol. The van der Waals surface area contributed by atoms with Crippen molar-refractivity contribution in [3.05, 3.63) is 34.9 Å². The minimum atomic E-state index is -3.54. The Morgan fingerprint density at radius 3 is 2.44 bits per heavy atom. The molecule has 88 valence electrons. The summed E-state index contributed by atoms with van der Waals surface area (Å²) in [7, 11) is -3.54. The third-order valence-corrected chi connectivity index (χ3v) is 6.13. The van der Waals surface area contributed by atoms with Crippen molar-refractivity contribution in [2.45, 2.75) is 10.6 Å². The minimum absolute atomic E-state index is 0.261. The standard InChI is InChI=1S/C10H10BrClO3S/c1-10(11,16(2,14)15)9(13)7-4-3-5-8(12)6-7/h3-6H,1-2H3/t10-/m1/s1. The van der Waals surface area contributed by atoms with Crippen LogP contribution in [0.2, 0.25) is 5.02 Å². The second-order valence-corrected chi connectivity index (χ2v) is 8.44. The van der Waals surface area contributed by atoms with Gasteiger partial charge in [0.2, 0.25) is 0 Å². The van der Waals surface area contributed by atoms with E-state index in [9.17, 15) is 13.2 Å². The Labute approximate surface area is 108 Å². The lowest BCUT2D eigenvalue weighted by molar-refractivity contribution is 0.0983. The predicted molar refractivity (Wildman–Crippen MR) is 68.0 cm³/mol. The van der Waals surface area contributed by atoms with E-state index in [2.05, 4.69) is 15.9 Å². The molecular formula is C10H10BrClO3S. The van der Waals surface area contributed by atoms with E-state index < -0.39 is 19.3 Å². The molecule has 1 aromatic rings. The Balaban J connectivity index is 3.23. The number of sulfone groups is 1. The highest BCUT2D eigenvalue weighted by Gasteiger charge is 2.41. The van der Waals surface area contributed by atoms with Crippen molar-refractivity contribution >= 4 is 43.2 Å². The van der Waals surface area contributed by atoms with Gasteiger partial charge < -0.3 is 0 Å². The molecule has 0 fully saturated rings. The van der Waals surface area contributed by atoms with Crippen LogP contribution < -0.4 is 0 Å². The van der Waals surface area contributed by atoms with Crippen molar-refractivity contribution in [1.82, 2.24) is 0 Å². The summed E-state index contributed by atoms with van der Waals surface area (Å²) >= 11 is 8.68. The summed E-state index contributed by atoms with van der Waals surface area (Å²) in [6.45, 7) is 1.31. The maximum absolute atomic E-state index is 12.0. The highest BCUT2D eigenvalue weighted by atomic mass is 79.9. The third-order valence-electron chi connectivity index (χ3n) is 2.19. The molecule has 1 rings (SSSR count). The van der Waals surface area contributed by atoms with Gasteiger partial charge in [-0.15, -0.1) is 0 Å². The lowest BCUT2D eigenvalue weighted by Crippen LogP contribution is -2.36. The van der Waals surface area contributed by atoms with E-state index in [0.717, 1.165) is 6.26 Å². The van der Waals surface area contributed by atoms with Crippen LogP contribution in [0.4, 0.5) is 0 Å². The summed E-state index contributed by atoms with van der Waals surface area (Å²) in [5.74, 6) is -0.530. The smallest absolute Gasteiger partial charge is 0.194 e. The van der Waals surface area contributed by atoms with Crippen molar-refractivity contribution < 1.29 is 13.2 Å². The number of hydrogen-bond donors (Lipinski definition) is 0. The number of benzene rings is 1. The summed E-state index contributed by atoms with van der Waals surface area (Å²) < 4.78 is 21.3. The fourth-order valence-corrected chi connectivity index (χ4v) is 1.93. The van der Waals surface area contributed by atoms with Gasteiger partial charge in [0.05, 0.1) is 0 Å². The number of Topliss-reactive ketones (excluding diaryl/α,β-unsaturated/α-hetero) is 1. The molecule has 0 bridgehead atoms. The second kappa shape index (κ2) is 4.47. The van der Waals surface area contributed by atoms with Crippen LogP contribution in [0.5, 0.6) is 0 Å². The van der Waals surface area contributed by atoms with E-state index in [-0.39, 0.29) is 5.56 Å². The lowest BCUT2D eigenvalue weighted by Gasteiger charge is -2.18. The average Bonchev–Trinajstić information content (AvgIpc) is 2.14. The van der Waals surface area contributed by atoms with Crippen molar-refractivity contribution in [2.24, 2.45) is 0 Å². The Bertz CT molecular complexity index is 523. The van der Waals surface area contributed by atoms with Gasteiger partial charge in [0, 0.05) is 16.8 Å². The van der Waals surface area contributed by atoms with Crippen LogP contribution >= 0.6 is 27.5 Å². The van der Waals surface area contributed by atoms with Crippen LogP contribution in [0.3, 0.4) is 0 Å². The SMILES string of the molecule is C[C@](Br)(C(=O)c1cccc(Cl)c1)S(C)(=O)=O. The number of rotatable bonds is 3. The molecular weight excluding hydrogens is 316 g/mol. The van der Waals surface area contributed by atoms with Crippen molar-refractivity contribution in [1.29, 1.82) is 0 Å². The summed E-state index contributed by atoms with van der Waals surface area (Å²) in [4.78, 5) is 12.0. The molecule has 6 heteroatoms. The maximum Gasteiger partial charge on any atom is 0.194 e. The number of carbonyl (C=O) groups excluding carboxylic acids is 1. The number of halogens is 2. The van der Waals surface area contributed by atoms with Gasteiger partial charge in [-0.3, -0.25) is 4.79 Å². The molecule has 3 nitrogen and oxygen atoms in total. The van der Waals surface area contributed by atoms with Gasteiger partial charge in [0.25, 0.3) is 0 Å². The molecule has 0 aliphatic carbocycles. The molecule has 0 saturated heterocycles. The summed E-state index contributed by atoms with van der Waals surface area (Å²) in [6, 6.07) is 6.18. The van der Waals surface area contributed by atoms with Crippen LogP contribution in [-0.2, 0) is 9.84 Å². The van der Waals surface area contributed by atoms with E-state index in [1.54, 1.807) is 12.1 Å². The van der Waals surface area contributed by atoms with Gasteiger partial charge in [0.1, 0.15) is 0 Å². The number of hydrogen-bond acceptors (Lipinski definition) is 3. The van der Waals surface area contributed by atoms with E-state index in [1.807, 2.05) is 0 Å². The van der Waals surface area contributed by atoms with E-state index in [0.29, 0.717) is 5.02 Å². The van der Waals surface area contributed by atoms with Gasteiger partial charge in [-0.2, -0.15) is 0 Å².